The molecule has 7 nitrogen and oxygen atoms in total. The minimum absolute atomic E-state index is 0. The number of hydrogen-bond donors (Lipinski definition) is 3. The molecule has 1 aromatic rings. The van der Waals surface area contributed by atoms with Crippen molar-refractivity contribution in [3.63, 3.8) is 0 Å². The molecule has 0 saturated carbocycles. The molecule has 148 valence electrons. The molecular formula is C18H31IN4O3. The predicted octanol–water partition coefficient (Wildman–Crippen LogP) is 2.81. The van der Waals surface area contributed by atoms with E-state index in [4.69, 9.17) is 9.47 Å². The SMILES string of the molecule is CN=C(NCCNC(=O)OC(C)(C)C)NCc1ccc(C)c(OC)c1.I. The van der Waals surface area contributed by atoms with Gasteiger partial charge in [-0.15, -0.1) is 24.0 Å². The van der Waals surface area contributed by atoms with Crippen LogP contribution < -0.4 is 20.7 Å². The van der Waals surface area contributed by atoms with Gasteiger partial charge in [-0.25, -0.2) is 4.79 Å². The van der Waals surface area contributed by atoms with Crippen molar-refractivity contribution in [2.24, 2.45) is 4.99 Å². The summed E-state index contributed by atoms with van der Waals surface area (Å²) in [6, 6.07) is 6.07. The van der Waals surface area contributed by atoms with E-state index in [-0.39, 0.29) is 24.0 Å². The Bertz CT molecular complexity index is 601. The number of alkyl carbamates (subject to hydrolysis) is 1. The molecule has 0 saturated heterocycles. The first-order valence-electron chi connectivity index (χ1n) is 8.30. The molecule has 3 N–H and O–H groups in total. The van der Waals surface area contributed by atoms with Gasteiger partial charge in [0.15, 0.2) is 5.96 Å². The number of guanidine groups is 1. The highest BCUT2D eigenvalue weighted by atomic mass is 127. The topological polar surface area (TPSA) is 84.0 Å². The van der Waals surface area contributed by atoms with Gasteiger partial charge in [0.25, 0.3) is 0 Å². The van der Waals surface area contributed by atoms with Crippen molar-refractivity contribution in [2.45, 2.75) is 39.8 Å². The lowest BCUT2D eigenvalue weighted by atomic mass is 10.1. The summed E-state index contributed by atoms with van der Waals surface area (Å²) < 4.78 is 10.5. The summed E-state index contributed by atoms with van der Waals surface area (Å²) in [5.41, 5.74) is 1.70. The van der Waals surface area contributed by atoms with E-state index in [1.807, 2.05) is 45.9 Å². The fourth-order valence-corrected chi connectivity index (χ4v) is 2.04. The number of methoxy groups -OCH3 is 1. The molecule has 8 heteroatoms. The van der Waals surface area contributed by atoms with Crippen LogP contribution in [-0.4, -0.2) is 44.9 Å². The van der Waals surface area contributed by atoms with Crippen LogP contribution in [0.5, 0.6) is 5.75 Å². The number of nitrogens with zero attached hydrogens (tertiary/aromatic N) is 1. The molecular weight excluding hydrogens is 447 g/mol. The highest BCUT2D eigenvalue weighted by molar-refractivity contribution is 14.0. The molecule has 0 spiro atoms. The average molecular weight is 478 g/mol. The maximum atomic E-state index is 11.6. The summed E-state index contributed by atoms with van der Waals surface area (Å²) in [6.45, 7) is 9.10. The van der Waals surface area contributed by atoms with Crippen LogP contribution in [-0.2, 0) is 11.3 Å². The molecule has 0 fully saturated rings. The number of ether oxygens (including phenoxy) is 2. The van der Waals surface area contributed by atoms with Crippen LogP contribution in [0.15, 0.2) is 23.2 Å². The van der Waals surface area contributed by atoms with E-state index >= 15 is 0 Å². The first-order valence-corrected chi connectivity index (χ1v) is 8.30. The molecule has 26 heavy (non-hydrogen) atoms. The fraction of sp³-hybridized carbons (Fsp3) is 0.556. The van der Waals surface area contributed by atoms with Crippen molar-refractivity contribution >= 4 is 36.0 Å². The second-order valence-electron chi connectivity index (χ2n) is 6.59. The van der Waals surface area contributed by atoms with Gasteiger partial charge in [0.1, 0.15) is 11.4 Å². The number of nitrogens with one attached hydrogen (secondary N) is 3. The zero-order valence-corrected chi connectivity index (χ0v) is 18.8. The Morgan fingerprint density at radius 2 is 1.81 bits per heavy atom. The Morgan fingerprint density at radius 1 is 1.15 bits per heavy atom. The minimum atomic E-state index is -0.496. The van der Waals surface area contributed by atoms with Crippen molar-refractivity contribution in [1.82, 2.24) is 16.0 Å². The van der Waals surface area contributed by atoms with Crippen molar-refractivity contribution < 1.29 is 14.3 Å². The number of rotatable bonds is 6. The molecule has 1 amide bonds. The number of benzene rings is 1. The van der Waals surface area contributed by atoms with Crippen molar-refractivity contribution in [3.05, 3.63) is 29.3 Å². The van der Waals surface area contributed by atoms with E-state index in [1.54, 1.807) is 14.2 Å². The van der Waals surface area contributed by atoms with E-state index < -0.39 is 11.7 Å². The molecule has 0 aliphatic heterocycles. The number of halogens is 1. The van der Waals surface area contributed by atoms with Crippen LogP contribution in [0, 0.1) is 6.92 Å². The molecule has 1 aromatic carbocycles. The third-order valence-corrected chi connectivity index (χ3v) is 3.24. The summed E-state index contributed by atoms with van der Waals surface area (Å²) in [5, 5.41) is 9.05. The van der Waals surface area contributed by atoms with E-state index in [0.717, 1.165) is 16.9 Å². The van der Waals surface area contributed by atoms with Crippen LogP contribution in [0.25, 0.3) is 0 Å². The Labute approximate surface area is 173 Å². The van der Waals surface area contributed by atoms with E-state index in [2.05, 4.69) is 20.9 Å². The number of carbonyl (C=O) groups excluding carboxylic acids is 1. The first kappa shape index (κ1) is 24.3. The van der Waals surface area contributed by atoms with Gasteiger partial charge >= 0.3 is 6.09 Å². The van der Waals surface area contributed by atoms with Gasteiger partial charge < -0.3 is 25.4 Å². The van der Waals surface area contributed by atoms with Crippen molar-refractivity contribution in [3.8, 4) is 5.75 Å². The smallest absolute Gasteiger partial charge is 0.407 e. The van der Waals surface area contributed by atoms with Gasteiger partial charge in [0.05, 0.1) is 7.11 Å². The second kappa shape index (κ2) is 11.8. The Morgan fingerprint density at radius 3 is 2.38 bits per heavy atom. The summed E-state index contributed by atoms with van der Waals surface area (Å²) in [4.78, 5) is 15.7. The van der Waals surface area contributed by atoms with Crippen LogP contribution in [0.3, 0.4) is 0 Å². The quantitative estimate of drug-likeness (QED) is 0.254. The highest BCUT2D eigenvalue weighted by Crippen LogP contribution is 2.18. The summed E-state index contributed by atoms with van der Waals surface area (Å²) in [7, 11) is 3.37. The number of carbonyl (C=O) groups is 1. The Hall–Kier alpha value is -1.71. The maximum Gasteiger partial charge on any atom is 0.407 e. The normalized spacial score (nSPS) is 11.2. The highest BCUT2D eigenvalue weighted by Gasteiger charge is 2.15. The predicted molar refractivity (Wildman–Crippen MR) is 116 cm³/mol. The fourth-order valence-electron chi connectivity index (χ4n) is 2.04. The van der Waals surface area contributed by atoms with E-state index in [1.165, 1.54) is 0 Å². The van der Waals surface area contributed by atoms with Gasteiger partial charge in [-0.3, -0.25) is 4.99 Å². The molecule has 0 bridgehead atoms. The van der Waals surface area contributed by atoms with Crippen LogP contribution in [0.4, 0.5) is 4.79 Å². The van der Waals surface area contributed by atoms with Crippen molar-refractivity contribution in [1.29, 1.82) is 0 Å². The number of hydrogen-bond acceptors (Lipinski definition) is 4. The second-order valence-corrected chi connectivity index (χ2v) is 6.59. The maximum absolute atomic E-state index is 11.6. The minimum Gasteiger partial charge on any atom is -0.496 e. The number of aliphatic imine (C=N–C) groups is 1. The van der Waals surface area contributed by atoms with Crippen LogP contribution >= 0.6 is 24.0 Å². The Kier molecular flexibility index (Phi) is 11.0. The molecule has 0 heterocycles. The van der Waals surface area contributed by atoms with E-state index in [0.29, 0.717) is 25.6 Å². The van der Waals surface area contributed by atoms with E-state index in [9.17, 15) is 4.79 Å². The average Bonchev–Trinajstić information content (AvgIpc) is 2.53. The molecule has 0 unspecified atom stereocenters. The van der Waals surface area contributed by atoms with Gasteiger partial charge in [-0.05, 0) is 44.9 Å². The molecule has 0 aromatic heterocycles. The largest absolute Gasteiger partial charge is 0.496 e. The van der Waals surface area contributed by atoms with Gasteiger partial charge in [0, 0.05) is 26.7 Å². The third kappa shape index (κ3) is 9.69. The summed E-state index contributed by atoms with van der Waals surface area (Å²) in [6.07, 6.45) is -0.427. The molecule has 1 rings (SSSR count). The van der Waals surface area contributed by atoms with Crippen LogP contribution in [0.1, 0.15) is 31.9 Å². The zero-order chi connectivity index (χ0) is 18.9. The molecule has 0 aliphatic rings. The molecule has 0 atom stereocenters. The van der Waals surface area contributed by atoms with Gasteiger partial charge in [-0.1, -0.05) is 12.1 Å². The first-order chi connectivity index (χ1) is 11.7. The van der Waals surface area contributed by atoms with Gasteiger partial charge in [0.2, 0.25) is 0 Å². The lowest BCUT2D eigenvalue weighted by Gasteiger charge is -2.20. The monoisotopic (exact) mass is 478 g/mol. The van der Waals surface area contributed by atoms with Gasteiger partial charge in [-0.2, -0.15) is 0 Å². The number of amides is 1. The standard InChI is InChI=1S/C18H30N4O3.HI/c1-13-7-8-14(11-15(13)24-6)12-22-16(19-5)20-9-10-21-17(23)25-18(2,3)4;/h7-8,11H,9-10,12H2,1-6H3,(H,21,23)(H2,19,20,22);1H. The van der Waals surface area contributed by atoms with Crippen molar-refractivity contribution in [2.75, 3.05) is 27.2 Å². The molecule has 0 radical (unpaired) electrons. The third-order valence-electron chi connectivity index (χ3n) is 3.24. The summed E-state index contributed by atoms with van der Waals surface area (Å²) in [5.74, 6) is 1.52. The lowest BCUT2D eigenvalue weighted by molar-refractivity contribution is 0.0529. The van der Waals surface area contributed by atoms with Crippen LogP contribution in [0.2, 0.25) is 0 Å². The summed E-state index contributed by atoms with van der Waals surface area (Å²) >= 11 is 0. The number of aryl methyl sites for hydroxylation is 1. The lowest BCUT2D eigenvalue weighted by Crippen LogP contribution is -2.42. The zero-order valence-electron chi connectivity index (χ0n) is 16.4. The molecule has 0 aliphatic carbocycles. The Balaban J connectivity index is 0.00000625.